The smallest absolute Gasteiger partial charge is 0.192 e. The number of rotatable bonds is 7. The third-order valence-electron chi connectivity index (χ3n) is 4.13. The molecule has 0 radical (unpaired) electrons. The van der Waals surface area contributed by atoms with Gasteiger partial charge in [-0.25, -0.2) is 0 Å². The van der Waals surface area contributed by atoms with Crippen molar-refractivity contribution in [3.8, 4) is 17.1 Å². The molecule has 1 aromatic carbocycles. The number of benzene rings is 1. The van der Waals surface area contributed by atoms with Crippen molar-refractivity contribution in [1.82, 2.24) is 14.8 Å². The molecule has 0 aliphatic heterocycles. The SMILES string of the molecule is COc1cccc(CSc2nnc(-c3csc(C(C)C)c3)n2C(C)C)c1. The predicted molar refractivity (Wildman–Crippen MR) is 110 cm³/mol. The van der Waals surface area contributed by atoms with Gasteiger partial charge in [-0.2, -0.15) is 0 Å². The lowest BCUT2D eigenvalue weighted by molar-refractivity contribution is 0.414. The Morgan fingerprint density at radius 3 is 2.62 bits per heavy atom. The summed E-state index contributed by atoms with van der Waals surface area (Å²) in [5.41, 5.74) is 2.37. The highest BCUT2D eigenvalue weighted by Crippen LogP contribution is 2.33. The number of hydrogen-bond donors (Lipinski definition) is 0. The second-order valence-corrected chi connectivity index (χ2v) is 8.69. The van der Waals surface area contributed by atoms with Gasteiger partial charge < -0.3 is 4.74 Å². The Kier molecular flexibility index (Phi) is 6.04. The molecule has 0 amide bonds. The van der Waals surface area contributed by atoms with Crippen LogP contribution in [-0.2, 0) is 5.75 Å². The molecular formula is C20H25N3OS2. The molecule has 3 aromatic rings. The second kappa shape index (κ2) is 8.27. The Bertz CT molecular complexity index is 868. The van der Waals surface area contributed by atoms with Crippen molar-refractivity contribution in [3.63, 3.8) is 0 Å². The van der Waals surface area contributed by atoms with E-state index >= 15 is 0 Å². The Morgan fingerprint density at radius 2 is 1.96 bits per heavy atom. The van der Waals surface area contributed by atoms with E-state index in [0.717, 1.165) is 28.0 Å². The van der Waals surface area contributed by atoms with Crippen molar-refractivity contribution in [1.29, 1.82) is 0 Å². The highest BCUT2D eigenvalue weighted by molar-refractivity contribution is 7.98. The van der Waals surface area contributed by atoms with Crippen LogP contribution in [0.15, 0.2) is 40.9 Å². The first-order valence-corrected chi connectivity index (χ1v) is 10.7. The van der Waals surface area contributed by atoms with Crippen molar-refractivity contribution in [2.45, 2.75) is 50.6 Å². The van der Waals surface area contributed by atoms with Crippen molar-refractivity contribution in [2.24, 2.45) is 0 Å². The fourth-order valence-corrected chi connectivity index (χ4v) is 4.63. The summed E-state index contributed by atoms with van der Waals surface area (Å²) in [6.07, 6.45) is 0. The maximum absolute atomic E-state index is 5.31. The van der Waals surface area contributed by atoms with Gasteiger partial charge in [0.15, 0.2) is 11.0 Å². The zero-order valence-electron chi connectivity index (χ0n) is 15.9. The Labute approximate surface area is 163 Å². The monoisotopic (exact) mass is 387 g/mol. The lowest BCUT2D eigenvalue weighted by atomic mass is 10.1. The van der Waals surface area contributed by atoms with Crippen LogP contribution in [0.1, 0.15) is 50.1 Å². The van der Waals surface area contributed by atoms with E-state index in [1.165, 1.54) is 10.4 Å². The minimum absolute atomic E-state index is 0.301. The Morgan fingerprint density at radius 1 is 1.15 bits per heavy atom. The van der Waals surface area contributed by atoms with Crippen molar-refractivity contribution < 1.29 is 4.74 Å². The number of methoxy groups -OCH3 is 1. The van der Waals surface area contributed by atoms with Crippen LogP contribution in [0.25, 0.3) is 11.4 Å². The van der Waals surface area contributed by atoms with Gasteiger partial charge in [0.1, 0.15) is 5.75 Å². The van der Waals surface area contributed by atoms with Gasteiger partial charge in [0, 0.05) is 27.6 Å². The van der Waals surface area contributed by atoms with Crippen molar-refractivity contribution >= 4 is 23.1 Å². The lowest BCUT2D eigenvalue weighted by Gasteiger charge is -2.13. The van der Waals surface area contributed by atoms with Crippen LogP contribution >= 0.6 is 23.1 Å². The average Bonchev–Trinajstić information content (AvgIpc) is 3.26. The van der Waals surface area contributed by atoms with Crippen LogP contribution in [-0.4, -0.2) is 21.9 Å². The standard InChI is InChI=1S/C20H25N3OS2/c1-13(2)18-10-16(12-25-18)19-21-22-20(23(19)14(3)4)26-11-15-7-6-8-17(9-15)24-5/h6-10,12-14H,11H2,1-5H3. The van der Waals surface area contributed by atoms with E-state index < -0.39 is 0 Å². The Hall–Kier alpha value is -1.79. The summed E-state index contributed by atoms with van der Waals surface area (Å²) in [7, 11) is 1.69. The molecule has 0 saturated heterocycles. The topological polar surface area (TPSA) is 39.9 Å². The molecule has 6 heteroatoms. The zero-order chi connectivity index (χ0) is 18.7. The van der Waals surface area contributed by atoms with E-state index in [4.69, 9.17) is 4.74 Å². The molecule has 4 nitrogen and oxygen atoms in total. The van der Waals surface area contributed by atoms with Gasteiger partial charge in [-0.15, -0.1) is 21.5 Å². The quantitative estimate of drug-likeness (QED) is 0.465. The van der Waals surface area contributed by atoms with Gasteiger partial charge in [0.05, 0.1) is 7.11 Å². The molecule has 0 N–H and O–H groups in total. The highest BCUT2D eigenvalue weighted by atomic mass is 32.2. The van der Waals surface area contributed by atoms with E-state index in [2.05, 4.69) is 66.0 Å². The van der Waals surface area contributed by atoms with Crippen LogP contribution in [0.4, 0.5) is 0 Å². The lowest BCUT2D eigenvalue weighted by Crippen LogP contribution is -2.04. The maximum atomic E-state index is 5.31. The molecule has 2 heterocycles. The van der Waals surface area contributed by atoms with Crippen LogP contribution in [0.3, 0.4) is 0 Å². The van der Waals surface area contributed by atoms with E-state index in [1.54, 1.807) is 30.2 Å². The summed E-state index contributed by atoms with van der Waals surface area (Å²) in [5.74, 6) is 3.21. The maximum Gasteiger partial charge on any atom is 0.192 e. The third-order valence-corrected chi connectivity index (χ3v) is 6.38. The summed E-state index contributed by atoms with van der Waals surface area (Å²) in [6, 6.07) is 10.7. The molecule has 138 valence electrons. The van der Waals surface area contributed by atoms with Gasteiger partial charge in [0.25, 0.3) is 0 Å². The fourth-order valence-electron chi connectivity index (χ4n) is 2.72. The molecule has 0 saturated carbocycles. The summed E-state index contributed by atoms with van der Waals surface area (Å²) in [6.45, 7) is 8.80. The molecule has 26 heavy (non-hydrogen) atoms. The second-order valence-electron chi connectivity index (χ2n) is 6.80. The van der Waals surface area contributed by atoms with E-state index in [1.807, 2.05) is 12.1 Å². The third kappa shape index (κ3) is 4.13. The number of thioether (sulfide) groups is 1. The number of hydrogen-bond acceptors (Lipinski definition) is 5. The summed E-state index contributed by atoms with van der Waals surface area (Å²) in [5, 5.41) is 12.1. The number of nitrogens with zero attached hydrogens (tertiary/aromatic N) is 3. The Balaban J connectivity index is 1.84. The zero-order valence-corrected chi connectivity index (χ0v) is 17.5. The normalized spacial score (nSPS) is 11.5. The molecule has 3 rings (SSSR count). The summed E-state index contributed by atoms with van der Waals surface area (Å²) < 4.78 is 7.54. The van der Waals surface area contributed by atoms with Crippen LogP contribution in [0, 0.1) is 0 Å². The fraction of sp³-hybridized carbons (Fsp3) is 0.400. The molecule has 2 aromatic heterocycles. The number of ether oxygens (including phenoxy) is 1. The molecular weight excluding hydrogens is 362 g/mol. The average molecular weight is 388 g/mol. The van der Waals surface area contributed by atoms with Crippen molar-refractivity contribution in [3.05, 3.63) is 46.2 Å². The molecule has 0 atom stereocenters. The minimum Gasteiger partial charge on any atom is -0.497 e. The first-order valence-electron chi connectivity index (χ1n) is 8.79. The molecule has 0 bridgehead atoms. The summed E-state index contributed by atoms with van der Waals surface area (Å²) >= 11 is 3.51. The van der Waals surface area contributed by atoms with Gasteiger partial charge in [-0.1, -0.05) is 37.7 Å². The van der Waals surface area contributed by atoms with E-state index in [-0.39, 0.29) is 0 Å². The van der Waals surface area contributed by atoms with E-state index in [0.29, 0.717) is 12.0 Å². The van der Waals surface area contributed by atoms with Gasteiger partial charge in [0.2, 0.25) is 0 Å². The van der Waals surface area contributed by atoms with E-state index in [9.17, 15) is 0 Å². The van der Waals surface area contributed by atoms with Gasteiger partial charge in [-0.05, 0) is 43.5 Å². The van der Waals surface area contributed by atoms with Gasteiger partial charge in [-0.3, -0.25) is 4.57 Å². The predicted octanol–water partition coefficient (Wildman–Crippen LogP) is 6.01. The number of aromatic nitrogens is 3. The van der Waals surface area contributed by atoms with Crippen LogP contribution < -0.4 is 4.74 Å². The summed E-state index contributed by atoms with van der Waals surface area (Å²) in [4.78, 5) is 1.38. The largest absolute Gasteiger partial charge is 0.497 e. The highest BCUT2D eigenvalue weighted by Gasteiger charge is 2.18. The molecule has 0 spiro atoms. The number of thiophene rings is 1. The minimum atomic E-state index is 0.301. The first-order chi connectivity index (χ1) is 12.5. The molecule has 0 aliphatic carbocycles. The van der Waals surface area contributed by atoms with Crippen LogP contribution in [0.5, 0.6) is 5.75 Å². The van der Waals surface area contributed by atoms with Crippen molar-refractivity contribution in [2.75, 3.05) is 7.11 Å². The molecule has 0 aliphatic rings. The van der Waals surface area contributed by atoms with Gasteiger partial charge >= 0.3 is 0 Å². The molecule has 0 fully saturated rings. The molecule has 0 unspecified atom stereocenters. The first kappa shape index (κ1) is 19.0. The van der Waals surface area contributed by atoms with Crippen LogP contribution in [0.2, 0.25) is 0 Å².